The molecular formula is C27H20F3N3O5. The van der Waals surface area contributed by atoms with Gasteiger partial charge < -0.3 is 19.9 Å². The van der Waals surface area contributed by atoms with E-state index in [1.807, 2.05) is 6.07 Å². The number of carboxylic acids is 1. The van der Waals surface area contributed by atoms with Crippen molar-refractivity contribution in [1.29, 1.82) is 0 Å². The fourth-order valence-corrected chi connectivity index (χ4v) is 3.92. The van der Waals surface area contributed by atoms with Gasteiger partial charge in [0.15, 0.2) is 5.69 Å². The maximum atomic E-state index is 13.5. The minimum Gasteiger partial charge on any atom is -0.493 e. The summed E-state index contributed by atoms with van der Waals surface area (Å²) in [4.78, 5) is 23.9. The number of nitrogens with one attached hydrogen (secondary N) is 1. The number of carbonyl (C=O) groups is 2. The average Bonchev–Trinajstić information content (AvgIpc) is 3.55. The largest absolute Gasteiger partial charge is 0.493 e. The number of alkyl halides is 3. The maximum Gasteiger partial charge on any atom is 0.435 e. The van der Waals surface area contributed by atoms with Crippen molar-refractivity contribution in [1.82, 2.24) is 9.78 Å². The van der Waals surface area contributed by atoms with Crippen molar-refractivity contribution < 1.29 is 37.3 Å². The smallest absolute Gasteiger partial charge is 0.435 e. The number of anilines is 1. The second kappa shape index (κ2) is 9.92. The number of nitrogens with zero attached hydrogens (tertiary/aromatic N) is 2. The number of hydrogen-bond acceptors (Lipinski definition) is 5. The molecule has 4 aromatic rings. The molecule has 2 N–H and O–H groups in total. The van der Waals surface area contributed by atoms with Gasteiger partial charge in [-0.15, -0.1) is 0 Å². The van der Waals surface area contributed by atoms with Gasteiger partial charge in [0.05, 0.1) is 17.9 Å². The quantitative estimate of drug-likeness (QED) is 0.338. The Bertz CT molecular complexity index is 1510. The zero-order valence-electron chi connectivity index (χ0n) is 19.7. The van der Waals surface area contributed by atoms with Crippen LogP contribution in [0.25, 0.3) is 5.69 Å². The summed E-state index contributed by atoms with van der Waals surface area (Å²) in [5.41, 5.74) is 1.40. The fraction of sp³-hybridized carbons (Fsp3) is 0.148. The Morgan fingerprint density at radius 2 is 1.82 bits per heavy atom. The summed E-state index contributed by atoms with van der Waals surface area (Å²) in [7, 11) is 0. The Kier molecular flexibility index (Phi) is 6.50. The highest BCUT2D eigenvalue weighted by molar-refractivity contribution is 6.04. The number of fused-ring (bicyclic) bond motifs is 1. The molecule has 1 aliphatic rings. The van der Waals surface area contributed by atoms with Crippen LogP contribution < -0.4 is 14.8 Å². The highest BCUT2D eigenvalue weighted by Gasteiger charge is 2.35. The molecule has 0 aliphatic carbocycles. The van der Waals surface area contributed by atoms with Crippen molar-refractivity contribution in [3.63, 3.8) is 0 Å². The first-order valence-electron chi connectivity index (χ1n) is 11.5. The van der Waals surface area contributed by atoms with Crippen molar-refractivity contribution in [2.24, 2.45) is 0 Å². The Balaban J connectivity index is 1.39. The van der Waals surface area contributed by atoms with Gasteiger partial charge in [0.25, 0.3) is 5.91 Å². The van der Waals surface area contributed by atoms with E-state index in [-0.39, 0.29) is 29.3 Å². The molecule has 0 unspecified atom stereocenters. The summed E-state index contributed by atoms with van der Waals surface area (Å²) in [6.07, 6.45) is -3.93. The molecule has 0 atom stereocenters. The van der Waals surface area contributed by atoms with E-state index in [0.717, 1.165) is 22.7 Å². The zero-order chi connectivity index (χ0) is 26.9. The molecule has 0 bridgehead atoms. The summed E-state index contributed by atoms with van der Waals surface area (Å²) in [5, 5.41) is 15.5. The van der Waals surface area contributed by atoms with E-state index in [1.54, 1.807) is 12.1 Å². The van der Waals surface area contributed by atoms with E-state index in [1.165, 1.54) is 48.5 Å². The van der Waals surface area contributed by atoms with Crippen LogP contribution in [0.2, 0.25) is 0 Å². The van der Waals surface area contributed by atoms with Crippen molar-refractivity contribution in [2.75, 3.05) is 11.9 Å². The Morgan fingerprint density at radius 1 is 1.03 bits per heavy atom. The number of amides is 1. The topological polar surface area (TPSA) is 103 Å². The molecule has 11 heteroatoms. The maximum absolute atomic E-state index is 13.5. The fourth-order valence-electron chi connectivity index (χ4n) is 3.92. The third-order valence-corrected chi connectivity index (χ3v) is 5.86. The summed E-state index contributed by atoms with van der Waals surface area (Å²) in [6, 6.07) is 17.8. The average molecular weight is 523 g/mol. The second-order valence-electron chi connectivity index (χ2n) is 8.49. The van der Waals surface area contributed by atoms with Crippen LogP contribution >= 0.6 is 0 Å². The minimum atomic E-state index is -4.73. The molecule has 0 saturated carbocycles. The number of carboxylic acid groups (broad SMARTS) is 1. The molecule has 1 aliphatic heterocycles. The molecule has 0 saturated heterocycles. The molecular weight excluding hydrogens is 503 g/mol. The molecule has 194 valence electrons. The summed E-state index contributed by atoms with van der Waals surface area (Å²) in [5.74, 6) is -1.06. The molecule has 8 nitrogen and oxygen atoms in total. The third-order valence-electron chi connectivity index (χ3n) is 5.86. The highest BCUT2D eigenvalue weighted by atomic mass is 19.4. The van der Waals surface area contributed by atoms with Gasteiger partial charge in [-0.2, -0.15) is 18.3 Å². The minimum absolute atomic E-state index is 0.0701. The first kappa shape index (κ1) is 24.9. The Hall–Kier alpha value is -4.80. The normalized spacial score (nSPS) is 12.5. The van der Waals surface area contributed by atoms with Crippen molar-refractivity contribution in [3.8, 4) is 17.3 Å². The van der Waals surface area contributed by atoms with Crippen LogP contribution in [0, 0.1) is 0 Å². The van der Waals surface area contributed by atoms with Crippen LogP contribution in [-0.4, -0.2) is 33.4 Å². The Morgan fingerprint density at radius 3 is 2.55 bits per heavy atom. The molecule has 38 heavy (non-hydrogen) atoms. The first-order chi connectivity index (χ1) is 18.2. The summed E-state index contributed by atoms with van der Waals surface area (Å²) < 4.78 is 52.5. The molecule has 1 aromatic heterocycles. The van der Waals surface area contributed by atoms with E-state index in [4.69, 9.17) is 14.6 Å². The van der Waals surface area contributed by atoms with Crippen LogP contribution in [0.3, 0.4) is 0 Å². The van der Waals surface area contributed by atoms with Crippen molar-refractivity contribution in [3.05, 3.63) is 101 Å². The number of benzene rings is 3. The molecule has 3 aromatic carbocycles. The lowest BCUT2D eigenvalue weighted by atomic mass is 10.1. The Labute approximate surface area is 214 Å². The lowest BCUT2D eigenvalue weighted by Crippen LogP contribution is -2.13. The predicted molar refractivity (Wildman–Crippen MR) is 130 cm³/mol. The molecule has 0 spiro atoms. The SMILES string of the molecule is O=C(O)c1ccc(COc2cc(C(F)(F)F)nn2-c2cccc(C(=O)Nc3ccc4c(c3)OCC4)c2)cc1. The van der Waals surface area contributed by atoms with Crippen LogP contribution in [0.4, 0.5) is 18.9 Å². The lowest BCUT2D eigenvalue weighted by molar-refractivity contribution is -0.141. The van der Waals surface area contributed by atoms with Gasteiger partial charge in [-0.1, -0.05) is 24.3 Å². The third kappa shape index (κ3) is 5.31. The van der Waals surface area contributed by atoms with Gasteiger partial charge in [0.1, 0.15) is 12.4 Å². The van der Waals surface area contributed by atoms with E-state index < -0.39 is 23.7 Å². The van der Waals surface area contributed by atoms with Crippen molar-refractivity contribution in [2.45, 2.75) is 19.2 Å². The van der Waals surface area contributed by atoms with E-state index >= 15 is 0 Å². The van der Waals surface area contributed by atoms with Gasteiger partial charge in [-0.3, -0.25) is 4.79 Å². The number of rotatable bonds is 7. The molecule has 2 heterocycles. The molecule has 0 radical (unpaired) electrons. The van der Waals surface area contributed by atoms with E-state index in [9.17, 15) is 22.8 Å². The number of halogens is 3. The number of ether oxygens (including phenoxy) is 2. The zero-order valence-corrected chi connectivity index (χ0v) is 19.7. The van der Waals surface area contributed by atoms with Crippen molar-refractivity contribution >= 4 is 17.6 Å². The van der Waals surface area contributed by atoms with Gasteiger partial charge in [-0.05, 0) is 47.5 Å². The van der Waals surface area contributed by atoms with Crippen LogP contribution in [-0.2, 0) is 19.2 Å². The number of carbonyl (C=O) groups excluding carboxylic acids is 1. The first-order valence-corrected chi connectivity index (χ1v) is 11.5. The highest BCUT2D eigenvalue weighted by Crippen LogP contribution is 2.33. The number of aromatic carboxylic acids is 1. The summed E-state index contributed by atoms with van der Waals surface area (Å²) >= 11 is 0. The van der Waals surface area contributed by atoms with Crippen LogP contribution in [0.5, 0.6) is 11.6 Å². The van der Waals surface area contributed by atoms with Crippen LogP contribution in [0.15, 0.2) is 72.8 Å². The number of hydrogen-bond donors (Lipinski definition) is 2. The van der Waals surface area contributed by atoms with Gasteiger partial charge in [-0.25, -0.2) is 9.48 Å². The molecule has 0 fully saturated rings. The molecule has 1 amide bonds. The van der Waals surface area contributed by atoms with E-state index in [2.05, 4.69) is 10.4 Å². The summed E-state index contributed by atoms with van der Waals surface area (Å²) in [6.45, 7) is 0.445. The predicted octanol–water partition coefficient (Wildman–Crippen LogP) is 5.36. The second-order valence-corrected chi connectivity index (χ2v) is 8.49. The monoisotopic (exact) mass is 523 g/mol. The standard InChI is InChI=1S/C27H20F3N3O5/c28-27(29,30)23-14-24(38-15-16-4-6-18(7-5-16)26(35)36)33(32-23)21-3-1-2-19(12-21)25(34)31-20-9-8-17-10-11-37-22(17)13-20/h1-9,12-14H,10-11,15H2,(H,31,34)(H,35,36). The number of aromatic nitrogens is 2. The van der Waals surface area contributed by atoms with Gasteiger partial charge in [0.2, 0.25) is 5.88 Å². The molecule has 5 rings (SSSR count). The van der Waals surface area contributed by atoms with Gasteiger partial charge >= 0.3 is 12.1 Å². The lowest BCUT2D eigenvalue weighted by Gasteiger charge is -2.11. The van der Waals surface area contributed by atoms with E-state index in [0.29, 0.717) is 23.6 Å². The van der Waals surface area contributed by atoms with Gasteiger partial charge in [0, 0.05) is 29.8 Å². The van der Waals surface area contributed by atoms with Crippen LogP contribution in [0.1, 0.15) is 37.5 Å².